The molecule has 112 valence electrons. The summed E-state index contributed by atoms with van der Waals surface area (Å²) in [5.74, 6) is -1.19. The molecular weight excluding hydrogens is 289 g/mol. The quantitative estimate of drug-likeness (QED) is 0.903. The Hall–Kier alpha value is -2.42. The van der Waals surface area contributed by atoms with Gasteiger partial charge in [-0.15, -0.1) is 10.2 Å². The fourth-order valence-corrected chi connectivity index (χ4v) is 1.42. The lowest BCUT2D eigenvalue weighted by atomic mass is 10.0. The molecule has 0 radical (unpaired) electrons. The number of carbonyl (C=O) groups is 1. The highest BCUT2D eigenvalue weighted by molar-refractivity contribution is 5.98. The average molecular weight is 300 g/mol. The van der Waals surface area contributed by atoms with Gasteiger partial charge in [0.2, 0.25) is 12.3 Å². The minimum Gasteiger partial charge on any atom is -0.423 e. The van der Waals surface area contributed by atoms with Gasteiger partial charge in [-0.3, -0.25) is 4.79 Å². The third-order valence-corrected chi connectivity index (χ3v) is 2.79. The molecule has 0 fully saturated rings. The molecule has 0 saturated heterocycles. The van der Waals surface area contributed by atoms with Crippen LogP contribution in [-0.4, -0.2) is 27.8 Å². The van der Waals surface area contributed by atoms with Crippen molar-refractivity contribution >= 4 is 11.6 Å². The van der Waals surface area contributed by atoms with Gasteiger partial charge in [0, 0.05) is 11.3 Å². The minimum absolute atomic E-state index is 0.136. The van der Waals surface area contributed by atoms with Gasteiger partial charge in [-0.25, -0.2) is 0 Å². The number of benzene rings is 1. The second-order valence-corrected chi connectivity index (χ2v) is 4.48. The van der Waals surface area contributed by atoms with Crippen molar-refractivity contribution in [2.75, 3.05) is 5.32 Å². The summed E-state index contributed by atoms with van der Waals surface area (Å²) in [7, 11) is 0. The number of aromatic nitrogens is 2. The predicted octanol–water partition coefficient (Wildman–Crippen LogP) is 1.95. The van der Waals surface area contributed by atoms with Crippen molar-refractivity contribution in [1.82, 2.24) is 10.2 Å². The predicted molar refractivity (Wildman–Crippen MR) is 67.0 cm³/mol. The maximum absolute atomic E-state index is 12.7. The molecule has 1 heterocycles. The van der Waals surface area contributed by atoms with E-state index in [1.54, 1.807) is 6.07 Å². The minimum atomic E-state index is -4.86. The molecule has 1 unspecified atom stereocenters. The number of nitrogens with two attached hydrogens (primary N) is 1. The highest BCUT2D eigenvalue weighted by Crippen LogP contribution is 2.29. The van der Waals surface area contributed by atoms with Crippen LogP contribution < -0.4 is 11.1 Å². The summed E-state index contributed by atoms with van der Waals surface area (Å²) in [4.78, 5) is 11.7. The largest absolute Gasteiger partial charge is 0.423 e. The van der Waals surface area contributed by atoms with Gasteiger partial charge in [0.05, 0.1) is 0 Å². The van der Waals surface area contributed by atoms with Crippen molar-refractivity contribution in [3.05, 3.63) is 30.7 Å². The Kier molecular flexibility index (Phi) is 3.69. The fraction of sp³-hybridized carbons (Fsp3) is 0.250. The van der Waals surface area contributed by atoms with Crippen molar-refractivity contribution in [1.29, 1.82) is 0 Å². The van der Waals surface area contributed by atoms with Crippen LogP contribution in [0.1, 0.15) is 6.92 Å². The maximum atomic E-state index is 12.7. The number of alkyl halides is 3. The van der Waals surface area contributed by atoms with Crippen LogP contribution >= 0.6 is 0 Å². The normalized spacial score (nSPS) is 14.5. The van der Waals surface area contributed by atoms with Gasteiger partial charge in [-0.1, -0.05) is 6.07 Å². The standard InChI is InChI=1S/C12H11F3N4O2/c1-11(16,12(13,14)15)10(20)18-8-4-2-3-7(5-8)9-19-17-6-21-9/h2-6H,16H2,1H3,(H,18,20). The molecule has 1 aromatic heterocycles. The second kappa shape index (κ2) is 5.17. The van der Waals surface area contributed by atoms with E-state index in [1.807, 2.05) is 0 Å². The molecule has 2 aromatic rings. The summed E-state index contributed by atoms with van der Waals surface area (Å²) in [6.45, 7) is 0.601. The van der Waals surface area contributed by atoms with E-state index in [0.29, 0.717) is 12.5 Å². The molecule has 1 aromatic carbocycles. The topological polar surface area (TPSA) is 94.0 Å². The van der Waals surface area contributed by atoms with Gasteiger partial charge in [0.1, 0.15) is 0 Å². The van der Waals surface area contributed by atoms with Crippen LogP contribution in [-0.2, 0) is 4.79 Å². The van der Waals surface area contributed by atoms with E-state index in [9.17, 15) is 18.0 Å². The monoisotopic (exact) mass is 300 g/mol. The summed E-state index contributed by atoms with van der Waals surface area (Å²) >= 11 is 0. The summed E-state index contributed by atoms with van der Waals surface area (Å²) in [5.41, 5.74) is 2.64. The number of hydrogen-bond donors (Lipinski definition) is 2. The summed E-state index contributed by atoms with van der Waals surface area (Å²) in [6.07, 6.45) is -3.75. The Morgan fingerprint density at radius 3 is 2.67 bits per heavy atom. The number of rotatable bonds is 3. The Morgan fingerprint density at radius 1 is 1.38 bits per heavy atom. The first kappa shape index (κ1) is 15.0. The zero-order valence-corrected chi connectivity index (χ0v) is 10.8. The molecule has 0 aliphatic heterocycles. The first-order valence-electron chi connectivity index (χ1n) is 5.75. The van der Waals surface area contributed by atoms with E-state index >= 15 is 0 Å². The Balaban J connectivity index is 2.21. The van der Waals surface area contributed by atoms with Crippen LogP contribution in [0, 0.1) is 0 Å². The second-order valence-electron chi connectivity index (χ2n) is 4.48. The van der Waals surface area contributed by atoms with Crippen molar-refractivity contribution in [3.63, 3.8) is 0 Å². The first-order valence-corrected chi connectivity index (χ1v) is 5.75. The molecule has 21 heavy (non-hydrogen) atoms. The van der Waals surface area contributed by atoms with E-state index < -0.39 is 17.6 Å². The third kappa shape index (κ3) is 3.02. The van der Waals surface area contributed by atoms with Crippen molar-refractivity contribution in [2.24, 2.45) is 5.73 Å². The molecule has 0 aliphatic rings. The molecule has 2 rings (SSSR count). The SMILES string of the molecule is CC(N)(C(=O)Nc1cccc(-c2nnco2)c1)C(F)(F)F. The fourth-order valence-electron chi connectivity index (χ4n) is 1.42. The van der Waals surface area contributed by atoms with E-state index in [2.05, 4.69) is 15.5 Å². The van der Waals surface area contributed by atoms with Crippen LogP contribution in [0.15, 0.2) is 35.1 Å². The number of halogens is 3. The van der Waals surface area contributed by atoms with Gasteiger partial charge < -0.3 is 15.5 Å². The maximum Gasteiger partial charge on any atom is 0.415 e. The van der Waals surface area contributed by atoms with E-state index in [1.165, 1.54) is 18.2 Å². The van der Waals surface area contributed by atoms with E-state index in [4.69, 9.17) is 10.2 Å². The smallest absolute Gasteiger partial charge is 0.415 e. The summed E-state index contributed by atoms with van der Waals surface area (Å²) in [5, 5.41) is 9.27. The third-order valence-electron chi connectivity index (χ3n) is 2.79. The van der Waals surface area contributed by atoms with Crippen LogP contribution in [0.25, 0.3) is 11.5 Å². The molecule has 0 bridgehead atoms. The zero-order valence-electron chi connectivity index (χ0n) is 10.8. The lowest BCUT2D eigenvalue weighted by Gasteiger charge is -2.26. The van der Waals surface area contributed by atoms with Gasteiger partial charge >= 0.3 is 6.18 Å². The molecule has 6 nitrogen and oxygen atoms in total. The lowest BCUT2D eigenvalue weighted by Crippen LogP contribution is -2.59. The van der Waals surface area contributed by atoms with E-state index in [0.717, 1.165) is 6.39 Å². The van der Waals surface area contributed by atoms with Crippen molar-refractivity contribution in [2.45, 2.75) is 18.6 Å². The summed E-state index contributed by atoms with van der Waals surface area (Å²) < 4.78 is 43.0. The van der Waals surface area contributed by atoms with Gasteiger partial charge in [0.15, 0.2) is 5.54 Å². The molecule has 0 spiro atoms. The zero-order chi connectivity index (χ0) is 15.7. The molecule has 9 heteroatoms. The number of nitrogens with one attached hydrogen (secondary N) is 1. The molecular formula is C12H11F3N4O2. The molecule has 0 saturated carbocycles. The van der Waals surface area contributed by atoms with Crippen LogP contribution in [0.4, 0.5) is 18.9 Å². The highest BCUT2D eigenvalue weighted by atomic mass is 19.4. The number of carbonyl (C=O) groups excluding carboxylic acids is 1. The highest BCUT2D eigenvalue weighted by Gasteiger charge is 2.53. The lowest BCUT2D eigenvalue weighted by molar-refractivity contribution is -0.184. The van der Waals surface area contributed by atoms with Crippen LogP contribution in [0.5, 0.6) is 0 Å². The molecule has 3 N–H and O–H groups in total. The van der Waals surface area contributed by atoms with Crippen molar-refractivity contribution < 1.29 is 22.4 Å². The first-order chi connectivity index (χ1) is 9.72. The van der Waals surface area contributed by atoms with Gasteiger partial charge in [-0.2, -0.15) is 13.2 Å². The van der Waals surface area contributed by atoms with Crippen LogP contribution in [0.2, 0.25) is 0 Å². The number of nitrogens with zero attached hydrogens (tertiary/aromatic N) is 2. The number of amides is 1. The number of anilines is 1. The van der Waals surface area contributed by atoms with Gasteiger partial charge in [0.25, 0.3) is 5.91 Å². The molecule has 0 aliphatic carbocycles. The molecule has 1 amide bonds. The van der Waals surface area contributed by atoms with Crippen molar-refractivity contribution in [3.8, 4) is 11.5 Å². The van der Waals surface area contributed by atoms with Gasteiger partial charge in [-0.05, 0) is 25.1 Å². The Morgan fingerprint density at radius 2 is 2.10 bits per heavy atom. The van der Waals surface area contributed by atoms with Crippen LogP contribution in [0.3, 0.4) is 0 Å². The molecule has 1 atom stereocenters. The number of hydrogen-bond acceptors (Lipinski definition) is 5. The Bertz CT molecular complexity index is 638. The summed E-state index contributed by atoms with van der Waals surface area (Å²) in [6, 6.07) is 5.95. The average Bonchev–Trinajstić information content (AvgIpc) is 2.91. The Labute approximate surface area is 117 Å². The van der Waals surface area contributed by atoms with E-state index in [-0.39, 0.29) is 11.6 Å².